The number of aliphatic hydroxyl groups is 1. The van der Waals surface area contributed by atoms with Crippen LogP contribution in [0.15, 0.2) is 4.99 Å². The van der Waals surface area contributed by atoms with E-state index in [1.54, 1.807) is 0 Å². The highest BCUT2D eigenvalue weighted by atomic mass is 16.3. The van der Waals surface area contributed by atoms with Crippen molar-refractivity contribution in [1.82, 2.24) is 10.2 Å². The fourth-order valence-corrected chi connectivity index (χ4v) is 4.64. The third kappa shape index (κ3) is 4.65. The Labute approximate surface area is 149 Å². The van der Waals surface area contributed by atoms with E-state index in [4.69, 9.17) is 4.99 Å². The van der Waals surface area contributed by atoms with Crippen LogP contribution in [-0.4, -0.2) is 48.8 Å². The molecule has 4 nitrogen and oxygen atoms in total. The van der Waals surface area contributed by atoms with Crippen LogP contribution in [0.3, 0.4) is 0 Å². The first-order valence-corrected chi connectivity index (χ1v) is 10.3. The van der Waals surface area contributed by atoms with Gasteiger partial charge in [0.2, 0.25) is 0 Å². The maximum atomic E-state index is 9.44. The van der Waals surface area contributed by atoms with Gasteiger partial charge >= 0.3 is 0 Å². The summed E-state index contributed by atoms with van der Waals surface area (Å²) in [6.45, 7) is 11.0. The molecule has 1 aliphatic heterocycles. The number of likely N-dealkylation sites (tertiary alicyclic amines) is 1. The van der Waals surface area contributed by atoms with E-state index in [-0.39, 0.29) is 12.0 Å². The topological polar surface area (TPSA) is 47.9 Å². The quantitative estimate of drug-likeness (QED) is 0.549. The highest BCUT2D eigenvalue weighted by molar-refractivity contribution is 5.80. The lowest BCUT2D eigenvalue weighted by atomic mass is 9.73. The Morgan fingerprint density at radius 3 is 2.42 bits per heavy atom. The number of guanidine groups is 1. The molecule has 2 aliphatic rings. The molecule has 0 aromatic carbocycles. The minimum atomic E-state index is 0.150. The van der Waals surface area contributed by atoms with Crippen molar-refractivity contribution in [3.8, 4) is 0 Å². The molecule has 1 spiro atoms. The summed E-state index contributed by atoms with van der Waals surface area (Å²) in [7, 11) is 0. The van der Waals surface area contributed by atoms with Crippen LogP contribution in [0.5, 0.6) is 0 Å². The van der Waals surface area contributed by atoms with Gasteiger partial charge in [0.1, 0.15) is 0 Å². The van der Waals surface area contributed by atoms with Gasteiger partial charge in [-0.2, -0.15) is 0 Å². The van der Waals surface area contributed by atoms with Crippen LogP contribution < -0.4 is 5.32 Å². The van der Waals surface area contributed by atoms with Gasteiger partial charge in [0.15, 0.2) is 5.96 Å². The minimum Gasteiger partial charge on any atom is -0.396 e. The third-order valence-corrected chi connectivity index (χ3v) is 6.69. The van der Waals surface area contributed by atoms with E-state index in [0.29, 0.717) is 5.41 Å². The average Bonchev–Trinajstić information content (AvgIpc) is 3.01. The molecule has 140 valence electrons. The zero-order valence-corrected chi connectivity index (χ0v) is 16.2. The lowest BCUT2D eigenvalue weighted by Gasteiger charge is -2.34. The Hall–Kier alpha value is -0.770. The minimum absolute atomic E-state index is 0.150. The summed E-state index contributed by atoms with van der Waals surface area (Å²) in [5, 5.41) is 13.0. The molecule has 4 heteroatoms. The molecule has 0 radical (unpaired) electrons. The molecule has 0 amide bonds. The molecule has 1 heterocycles. The van der Waals surface area contributed by atoms with E-state index < -0.39 is 0 Å². The normalized spacial score (nSPS) is 21.5. The fourth-order valence-electron chi connectivity index (χ4n) is 4.64. The Balaban J connectivity index is 2.05. The molecule has 0 unspecified atom stereocenters. The van der Waals surface area contributed by atoms with E-state index in [0.717, 1.165) is 44.9 Å². The molecule has 1 saturated heterocycles. The first kappa shape index (κ1) is 19.6. The van der Waals surface area contributed by atoms with Crippen molar-refractivity contribution in [2.75, 3.05) is 32.8 Å². The fraction of sp³-hybridized carbons (Fsp3) is 0.950. The van der Waals surface area contributed by atoms with Crippen LogP contribution in [0.2, 0.25) is 0 Å². The highest BCUT2D eigenvalue weighted by Gasteiger charge is 2.40. The summed E-state index contributed by atoms with van der Waals surface area (Å²) in [6, 6.07) is 0. The summed E-state index contributed by atoms with van der Waals surface area (Å²) < 4.78 is 0. The van der Waals surface area contributed by atoms with Gasteiger partial charge in [-0.05, 0) is 56.3 Å². The van der Waals surface area contributed by atoms with Crippen molar-refractivity contribution in [3.05, 3.63) is 0 Å². The third-order valence-electron chi connectivity index (χ3n) is 6.69. The number of aliphatic hydroxyl groups excluding tert-OH is 1. The second-order valence-electron chi connectivity index (χ2n) is 8.08. The predicted molar refractivity (Wildman–Crippen MR) is 102 cm³/mol. The van der Waals surface area contributed by atoms with Gasteiger partial charge in [0, 0.05) is 32.8 Å². The van der Waals surface area contributed by atoms with Gasteiger partial charge in [0.25, 0.3) is 0 Å². The number of nitrogens with zero attached hydrogens (tertiary/aromatic N) is 2. The van der Waals surface area contributed by atoms with Gasteiger partial charge in [-0.15, -0.1) is 0 Å². The molecule has 0 aromatic rings. The van der Waals surface area contributed by atoms with Gasteiger partial charge in [-0.25, -0.2) is 0 Å². The maximum absolute atomic E-state index is 9.44. The van der Waals surface area contributed by atoms with Crippen molar-refractivity contribution in [2.24, 2.45) is 15.8 Å². The van der Waals surface area contributed by atoms with Crippen LogP contribution in [-0.2, 0) is 0 Å². The molecular formula is C20H39N3O. The molecule has 2 rings (SSSR count). The number of aliphatic imine (C=N–C) groups is 1. The van der Waals surface area contributed by atoms with E-state index in [9.17, 15) is 5.11 Å². The van der Waals surface area contributed by atoms with Crippen molar-refractivity contribution < 1.29 is 5.11 Å². The Morgan fingerprint density at radius 1 is 1.12 bits per heavy atom. The van der Waals surface area contributed by atoms with Crippen LogP contribution in [0.4, 0.5) is 0 Å². The lowest BCUT2D eigenvalue weighted by Crippen LogP contribution is -2.42. The molecule has 2 N–H and O–H groups in total. The van der Waals surface area contributed by atoms with Crippen molar-refractivity contribution in [1.29, 1.82) is 0 Å². The largest absolute Gasteiger partial charge is 0.396 e. The molecule has 0 aromatic heterocycles. The van der Waals surface area contributed by atoms with Crippen LogP contribution in [0, 0.1) is 10.8 Å². The van der Waals surface area contributed by atoms with Gasteiger partial charge < -0.3 is 15.3 Å². The molecule has 0 atom stereocenters. The second kappa shape index (κ2) is 9.07. The standard InChI is InChI=1S/C20H39N3O/c1-4-19(5-2,13-15-24)16-22-18(21-6-3)23-14-12-20(17-23)10-8-7-9-11-20/h24H,4-17H2,1-3H3,(H,21,22). The SMILES string of the molecule is CCNC(=NCC(CC)(CC)CCO)N1CCC2(CCCCC2)C1. The molecule has 1 aliphatic carbocycles. The van der Waals surface area contributed by atoms with E-state index >= 15 is 0 Å². The average molecular weight is 338 g/mol. The van der Waals surface area contributed by atoms with Gasteiger partial charge in [-0.3, -0.25) is 4.99 Å². The van der Waals surface area contributed by atoms with E-state index in [2.05, 4.69) is 31.0 Å². The number of rotatable bonds is 7. The summed E-state index contributed by atoms with van der Waals surface area (Å²) >= 11 is 0. The van der Waals surface area contributed by atoms with Gasteiger partial charge in [-0.1, -0.05) is 33.1 Å². The number of hydrogen-bond acceptors (Lipinski definition) is 2. The van der Waals surface area contributed by atoms with Crippen LogP contribution >= 0.6 is 0 Å². The number of hydrogen-bond donors (Lipinski definition) is 2. The molecule has 2 fully saturated rings. The maximum Gasteiger partial charge on any atom is 0.193 e. The Kier molecular flexibility index (Phi) is 7.39. The summed E-state index contributed by atoms with van der Waals surface area (Å²) in [4.78, 5) is 7.53. The monoisotopic (exact) mass is 337 g/mol. The van der Waals surface area contributed by atoms with E-state index in [1.807, 2.05) is 0 Å². The molecular weight excluding hydrogens is 298 g/mol. The highest BCUT2D eigenvalue weighted by Crippen LogP contribution is 2.43. The number of nitrogens with one attached hydrogen (secondary N) is 1. The molecule has 0 bridgehead atoms. The van der Waals surface area contributed by atoms with Crippen molar-refractivity contribution in [3.63, 3.8) is 0 Å². The van der Waals surface area contributed by atoms with Crippen molar-refractivity contribution in [2.45, 2.75) is 78.6 Å². The molecule has 24 heavy (non-hydrogen) atoms. The van der Waals surface area contributed by atoms with Crippen LogP contribution in [0.1, 0.15) is 78.6 Å². The lowest BCUT2D eigenvalue weighted by molar-refractivity contribution is 0.174. The summed E-state index contributed by atoms with van der Waals surface area (Å²) in [6.07, 6.45) is 11.4. The summed E-state index contributed by atoms with van der Waals surface area (Å²) in [5.74, 6) is 1.10. The Morgan fingerprint density at radius 2 is 1.83 bits per heavy atom. The Bertz CT molecular complexity index is 398. The zero-order chi connectivity index (χ0) is 17.5. The first-order valence-electron chi connectivity index (χ1n) is 10.3. The first-order chi connectivity index (χ1) is 11.6. The summed E-state index contributed by atoms with van der Waals surface area (Å²) in [5.41, 5.74) is 0.712. The van der Waals surface area contributed by atoms with Crippen molar-refractivity contribution >= 4 is 5.96 Å². The zero-order valence-electron chi connectivity index (χ0n) is 16.2. The second-order valence-corrected chi connectivity index (χ2v) is 8.08. The predicted octanol–water partition coefficient (Wildman–Crippen LogP) is 3.80. The van der Waals surface area contributed by atoms with Gasteiger partial charge in [0.05, 0.1) is 0 Å². The molecule has 1 saturated carbocycles. The van der Waals surface area contributed by atoms with E-state index in [1.165, 1.54) is 45.1 Å². The smallest absolute Gasteiger partial charge is 0.193 e. The van der Waals surface area contributed by atoms with Crippen LogP contribution in [0.25, 0.3) is 0 Å².